The highest BCUT2D eigenvalue weighted by atomic mass is 16.6. The highest BCUT2D eigenvalue weighted by Crippen LogP contribution is 2.34. The zero-order valence-electron chi connectivity index (χ0n) is 8.94. The first-order chi connectivity index (χ1) is 7.97. The van der Waals surface area contributed by atoms with Crippen LogP contribution >= 0.6 is 0 Å². The number of amides is 2. The van der Waals surface area contributed by atoms with Gasteiger partial charge in [0, 0.05) is 18.7 Å². The number of hydrogen-bond donors (Lipinski definition) is 2. The fraction of sp³-hybridized carbons (Fsp3) is 0.200. The van der Waals surface area contributed by atoms with Crippen LogP contribution in [-0.2, 0) is 16.0 Å². The van der Waals surface area contributed by atoms with Crippen LogP contribution in [0.15, 0.2) is 12.1 Å². The Morgan fingerprint density at radius 1 is 1.53 bits per heavy atom. The monoisotopic (exact) mass is 235 g/mol. The summed E-state index contributed by atoms with van der Waals surface area (Å²) in [6.45, 7) is 1.26. The molecule has 2 amide bonds. The summed E-state index contributed by atoms with van der Waals surface area (Å²) in [4.78, 5) is 32.3. The Balaban J connectivity index is 2.50. The average Bonchev–Trinajstić information content (AvgIpc) is 2.54. The van der Waals surface area contributed by atoms with Gasteiger partial charge in [0.15, 0.2) is 0 Å². The number of nitro groups is 1. The number of hydrogen-bond acceptors (Lipinski definition) is 4. The first kappa shape index (κ1) is 11.1. The number of nitrogens with one attached hydrogen (secondary N) is 2. The molecule has 1 aromatic carbocycles. The number of nitrogens with zero attached hydrogens (tertiary/aromatic N) is 1. The van der Waals surface area contributed by atoms with Crippen molar-refractivity contribution in [3.63, 3.8) is 0 Å². The summed E-state index contributed by atoms with van der Waals surface area (Å²) >= 11 is 0. The maximum absolute atomic E-state index is 11.1. The summed E-state index contributed by atoms with van der Waals surface area (Å²) in [5.74, 6) is -0.619. The van der Waals surface area contributed by atoms with Gasteiger partial charge in [-0.05, 0) is 11.6 Å². The number of carbonyl (C=O) groups is 2. The second kappa shape index (κ2) is 3.85. The van der Waals surface area contributed by atoms with Crippen LogP contribution in [-0.4, -0.2) is 16.7 Å². The molecule has 1 aliphatic heterocycles. The van der Waals surface area contributed by atoms with Crippen LogP contribution in [0.1, 0.15) is 12.5 Å². The van der Waals surface area contributed by atoms with E-state index in [0.29, 0.717) is 11.3 Å². The molecule has 0 saturated carbocycles. The molecule has 0 aromatic heterocycles. The van der Waals surface area contributed by atoms with E-state index in [1.54, 1.807) is 0 Å². The van der Waals surface area contributed by atoms with Gasteiger partial charge in [0.1, 0.15) is 5.69 Å². The molecule has 17 heavy (non-hydrogen) atoms. The average molecular weight is 235 g/mol. The van der Waals surface area contributed by atoms with E-state index in [4.69, 9.17) is 0 Å². The molecule has 0 saturated heterocycles. The van der Waals surface area contributed by atoms with E-state index in [-0.39, 0.29) is 23.7 Å². The van der Waals surface area contributed by atoms with Crippen LogP contribution in [0.2, 0.25) is 0 Å². The third-order valence-corrected chi connectivity index (χ3v) is 2.35. The third-order valence-electron chi connectivity index (χ3n) is 2.35. The van der Waals surface area contributed by atoms with Crippen LogP contribution in [0.4, 0.5) is 17.1 Å². The predicted octanol–water partition coefficient (Wildman–Crippen LogP) is 1.05. The fourth-order valence-corrected chi connectivity index (χ4v) is 1.70. The first-order valence-electron chi connectivity index (χ1n) is 4.86. The van der Waals surface area contributed by atoms with Crippen molar-refractivity contribution in [2.75, 3.05) is 10.6 Å². The van der Waals surface area contributed by atoms with Crippen molar-refractivity contribution < 1.29 is 14.5 Å². The quantitative estimate of drug-likeness (QED) is 0.590. The predicted molar refractivity (Wildman–Crippen MR) is 59.7 cm³/mol. The van der Waals surface area contributed by atoms with Crippen molar-refractivity contribution in [2.24, 2.45) is 0 Å². The van der Waals surface area contributed by atoms with E-state index >= 15 is 0 Å². The number of rotatable bonds is 2. The maximum atomic E-state index is 11.1. The Bertz CT molecular complexity index is 539. The van der Waals surface area contributed by atoms with Crippen molar-refractivity contribution in [3.05, 3.63) is 27.8 Å². The van der Waals surface area contributed by atoms with Crippen LogP contribution in [0.25, 0.3) is 0 Å². The Labute approximate surface area is 96.0 Å². The number of benzene rings is 1. The van der Waals surface area contributed by atoms with E-state index in [2.05, 4.69) is 10.6 Å². The van der Waals surface area contributed by atoms with Crippen molar-refractivity contribution in [1.82, 2.24) is 0 Å². The summed E-state index contributed by atoms with van der Waals surface area (Å²) in [5.41, 5.74) is 0.944. The molecule has 2 rings (SSSR count). The molecule has 1 aliphatic rings. The molecule has 7 heteroatoms. The minimum atomic E-state index is -0.589. The van der Waals surface area contributed by atoms with Crippen LogP contribution in [0.3, 0.4) is 0 Å². The van der Waals surface area contributed by atoms with E-state index in [1.807, 2.05) is 0 Å². The van der Waals surface area contributed by atoms with E-state index < -0.39 is 10.8 Å². The van der Waals surface area contributed by atoms with Gasteiger partial charge in [-0.1, -0.05) is 0 Å². The lowest BCUT2D eigenvalue weighted by molar-refractivity contribution is -0.384. The summed E-state index contributed by atoms with van der Waals surface area (Å²) in [7, 11) is 0. The topological polar surface area (TPSA) is 101 Å². The molecule has 0 radical (unpaired) electrons. The Kier molecular flexibility index (Phi) is 2.51. The van der Waals surface area contributed by atoms with Crippen molar-refractivity contribution in [2.45, 2.75) is 13.3 Å². The Morgan fingerprint density at radius 3 is 2.82 bits per heavy atom. The second-order valence-corrected chi connectivity index (χ2v) is 3.69. The zero-order valence-corrected chi connectivity index (χ0v) is 8.94. The fourth-order valence-electron chi connectivity index (χ4n) is 1.70. The smallest absolute Gasteiger partial charge is 0.293 e. The number of anilines is 2. The molecule has 2 N–H and O–H groups in total. The molecule has 7 nitrogen and oxygen atoms in total. The van der Waals surface area contributed by atoms with Gasteiger partial charge in [-0.2, -0.15) is 0 Å². The highest BCUT2D eigenvalue weighted by molar-refractivity contribution is 6.02. The molecule has 1 heterocycles. The summed E-state index contributed by atoms with van der Waals surface area (Å²) in [6.07, 6.45) is 0.122. The molecule has 0 atom stereocenters. The van der Waals surface area contributed by atoms with Gasteiger partial charge in [0.25, 0.3) is 5.69 Å². The van der Waals surface area contributed by atoms with E-state index in [9.17, 15) is 19.7 Å². The van der Waals surface area contributed by atoms with Crippen molar-refractivity contribution in [3.8, 4) is 0 Å². The SMILES string of the molecule is CC(=O)Nc1cc2c(cc1[N+](=O)[O-])CC(=O)N2. The summed E-state index contributed by atoms with van der Waals surface area (Å²) < 4.78 is 0. The molecular formula is C10H9N3O4. The Morgan fingerprint density at radius 2 is 2.24 bits per heavy atom. The third kappa shape index (κ3) is 2.07. The molecule has 0 spiro atoms. The molecule has 0 bridgehead atoms. The number of fused-ring (bicyclic) bond motifs is 1. The van der Waals surface area contributed by atoms with Gasteiger partial charge in [0.2, 0.25) is 11.8 Å². The van der Waals surface area contributed by atoms with Gasteiger partial charge in [-0.3, -0.25) is 19.7 Å². The van der Waals surface area contributed by atoms with E-state index in [1.165, 1.54) is 19.1 Å². The van der Waals surface area contributed by atoms with E-state index in [0.717, 1.165) is 0 Å². The number of nitro benzene ring substituents is 1. The lowest BCUT2D eigenvalue weighted by Gasteiger charge is -2.06. The normalized spacial score (nSPS) is 12.9. The standard InChI is InChI=1S/C10H9N3O4/c1-5(14)11-8-4-7-6(3-10(15)12-7)2-9(8)13(16)17/h2,4H,3H2,1H3,(H,11,14)(H,12,15). The molecule has 0 fully saturated rings. The second-order valence-electron chi connectivity index (χ2n) is 3.69. The largest absolute Gasteiger partial charge is 0.325 e. The molecule has 1 aromatic rings. The maximum Gasteiger partial charge on any atom is 0.293 e. The van der Waals surface area contributed by atoms with Gasteiger partial charge < -0.3 is 10.6 Å². The lowest BCUT2D eigenvalue weighted by atomic mass is 10.1. The molecule has 0 unspecified atom stereocenters. The number of carbonyl (C=O) groups excluding carboxylic acids is 2. The molecule has 88 valence electrons. The minimum Gasteiger partial charge on any atom is -0.325 e. The van der Waals surface area contributed by atoms with Crippen LogP contribution in [0, 0.1) is 10.1 Å². The molecule has 0 aliphatic carbocycles. The Hall–Kier alpha value is -2.44. The summed E-state index contributed by atoms with van der Waals surface area (Å²) in [5, 5.41) is 15.8. The lowest BCUT2D eigenvalue weighted by Crippen LogP contribution is -2.08. The van der Waals surface area contributed by atoms with Gasteiger partial charge in [-0.25, -0.2) is 0 Å². The minimum absolute atomic E-state index is 0.0865. The highest BCUT2D eigenvalue weighted by Gasteiger charge is 2.24. The van der Waals surface area contributed by atoms with Gasteiger partial charge in [0.05, 0.1) is 11.3 Å². The van der Waals surface area contributed by atoms with Crippen molar-refractivity contribution in [1.29, 1.82) is 0 Å². The van der Waals surface area contributed by atoms with Crippen LogP contribution in [0.5, 0.6) is 0 Å². The molecular weight excluding hydrogens is 226 g/mol. The first-order valence-corrected chi connectivity index (χ1v) is 4.86. The van der Waals surface area contributed by atoms with Gasteiger partial charge >= 0.3 is 0 Å². The summed E-state index contributed by atoms with van der Waals surface area (Å²) in [6, 6.07) is 2.71. The van der Waals surface area contributed by atoms with Gasteiger partial charge in [-0.15, -0.1) is 0 Å². The van der Waals surface area contributed by atoms with Crippen molar-refractivity contribution >= 4 is 28.9 Å². The zero-order chi connectivity index (χ0) is 12.6. The van der Waals surface area contributed by atoms with Crippen LogP contribution < -0.4 is 10.6 Å².